The second-order valence-corrected chi connectivity index (χ2v) is 7.83. The van der Waals surface area contributed by atoms with E-state index in [4.69, 9.17) is 32.8 Å². The highest BCUT2D eigenvalue weighted by atomic mass is 35.5. The minimum atomic E-state index is -0.267. The first-order valence-electron chi connectivity index (χ1n) is 9.70. The average Bonchev–Trinajstić information content (AvgIpc) is 3.16. The summed E-state index contributed by atoms with van der Waals surface area (Å²) in [5.74, 6) is 1.23. The highest BCUT2D eigenvalue weighted by Gasteiger charge is 2.27. The molecule has 1 atom stereocenters. The third-order valence-electron chi connectivity index (χ3n) is 4.83. The molecule has 0 radical (unpaired) electrons. The molecule has 2 aromatic rings. The number of fused-ring (bicyclic) bond motifs is 1. The molecule has 7 heteroatoms. The number of allylic oxidation sites excluding steroid dienone is 2. The molecule has 156 valence electrons. The summed E-state index contributed by atoms with van der Waals surface area (Å²) in [5.41, 5.74) is 5.75. The van der Waals surface area contributed by atoms with Crippen molar-refractivity contribution < 1.29 is 14.0 Å². The zero-order chi connectivity index (χ0) is 20.9. The fourth-order valence-corrected chi connectivity index (χ4v) is 3.59. The number of hydrogen-bond donors (Lipinski definition) is 2. The molecule has 4 rings (SSSR count). The lowest BCUT2D eigenvalue weighted by atomic mass is 9.99. The molecule has 1 heterocycles. The van der Waals surface area contributed by atoms with Gasteiger partial charge >= 0.3 is 0 Å². The molecular weight excluding hydrogens is 426 g/mol. The van der Waals surface area contributed by atoms with Gasteiger partial charge in [0.1, 0.15) is 11.6 Å². The van der Waals surface area contributed by atoms with Crippen LogP contribution in [0.15, 0.2) is 72.1 Å². The van der Waals surface area contributed by atoms with E-state index in [1.807, 2.05) is 36.4 Å². The summed E-state index contributed by atoms with van der Waals surface area (Å²) in [6.07, 6.45) is 5.55. The van der Waals surface area contributed by atoms with Gasteiger partial charge in [0, 0.05) is 17.7 Å². The summed E-state index contributed by atoms with van der Waals surface area (Å²) in [6.45, 7) is 2.16. The van der Waals surface area contributed by atoms with Crippen molar-refractivity contribution in [1.29, 1.82) is 0 Å². The van der Waals surface area contributed by atoms with Crippen molar-refractivity contribution in [3.63, 3.8) is 0 Å². The molecule has 0 spiro atoms. The van der Waals surface area contributed by atoms with E-state index >= 15 is 0 Å². The van der Waals surface area contributed by atoms with Crippen molar-refractivity contribution in [2.24, 2.45) is 0 Å². The number of nitrogens with one attached hydrogen (secondary N) is 2. The van der Waals surface area contributed by atoms with Crippen LogP contribution in [-0.4, -0.2) is 19.2 Å². The van der Waals surface area contributed by atoms with Crippen LogP contribution in [-0.2, 0) is 11.4 Å². The van der Waals surface area contributed by atoms with Gasteiger partial charge in [-0.15, -0.1) is 5.48 Å². The normalized spacial score (nSPS) is 17.6. The summed E-state index contributed by atoms with van der Waals surface area (Å²) < 4.78 is 19.1. The van der Waals surface area contributed by atoms with Crippen LogP contribution in [0.3, 0.4) is 0 Å². The average molecular weight is 447 g/mol. The molecule has 0 fully saturated rings. The van der Waals surface area contributed by atoms with E-state index in [1.165, 1.54) is 12.2 Å². The first kappa shape index (κ1) is 20.9. The summed E-state index contributed by atoms with van der Waals surface area (Å²) in [6, 6.07) is 13.1. The molecule has 1 aliphatic heterocycles. The lowest BCUT2D eigenvalue weighted by Gasteiger charge is -2.09. The van der Waals surface area contributed by atoms with Crippen molar-refractivity contribution in [3.05, 3.63) is 93.3 Å². The Morgan fingerprint density at radius 3 is 2.70 bits per heavy atom. The Balaban J connectivity index is 1.21. The Kier molecular flexibility index (Phi) is 6.75. The molecular formula is C23H21Cl2FN2O2. The highest BCUT2D eigenvalue weighted by molar-refractivity contribution is 6.42. The van der Waals surface area contributed by atoms with Crippen molar-refractivity contribution in [2.75, 3.05) is 13.2 Å². The fraction of sp³-hybridized carbons (Fsp3) is 0.217. The van der Waals surface area contributed by atoms with Gasteiger partial charge in [0.15, 0.2) is 5.76 Å². The molecule has 0 saturated carbocycles. The van der Waals surface area contributed by atoms with Crippen LogP contribution in [0.2, 0.25) is 10.0 Å². The Morgan fingerprint density at radius 2 is 1.90 bits per heavy atom. The van der Waals surface area contributed by atoms with E-state index in [0.29, 0.717) is 22.4 Å². The standard InChI is InChI=1S/C23H21Cl2FN2O2/c24-20-9-2-15(12-21(20)25)14-27-10-1-11-29-18-6-3-16(4-7-18)23-19-8-5-17(26)13-22(19)28-30-23/h2-9,12-13,22,27-28H,1,10-11,14H2. The first-order chi connectivity index (χ1) is 14.6. The summed E-state index contributed by atoms with van der Waals surface area (Å²) in [5, 5.41) is 4.49. The third-order valence-corrected chi connectivity index (χ3v) is 5.57. The number of halogens is 3. The third kappa shape index (κ3) is 5.05. The second-order valence-electron chi connectivity index (χ2n) is 7.02. The second kappa shape index (κ2) is 9.67. The number of rotatable bonds is 8. The largest absolute Gasteiger partial charge is 0.494 e. The van der Waals surface area contributed by atoms with E-state index in [1.54, 1.807) is 12.1 Å². The molecule has 0 saturated heterocycles. The number of benzene rings is 2. The first-order valence-corrected chi connectivity index (χ1v) is 10.5. The fourth-order valence-electron chi connectivity index (χ4n) is 3.27. The minimum Gasteiger partial charge on any atom is -0.494 e. The van der Waals surface area contributed by atoms with Crippen molar-refractivity contribution >= 4 is 29.0 Å². The Bertz CT molecular complexity index is 1000. The van der Waals surface area contributed by atoms with Crippen LogP contribution in [0.25, 0.3) is 5.76 Å². The maximum absolute atomic E-state index is 13.3. The van der Waals surface area contributed by atoms with Crippen LogP contribution < -0.4 is 15.5 Å². The maximum atomic E-state index is 13.3. The van der Waals surface area contributed by atoms with E-state index in [0.717, 1.165) is 42.0 Å². The van der Waals surface area contributed by atoms with Crippen molar-refractivity contribution in [1.82, 2.24) is 10.8 Å². The molecule has 0 bridgehead atoms. The van der Waals surface area contributed by atoms with Gasteiger partial charge < -0.3 is 14.9 Å². The number of hydroxylamine groups is 1. The zero-order valence-corrected chi connectivity index (χ0v) is 17.6. The molecule has 2 aromatic carbocycles. The molecule has 1 unspecified atom stereocenters. The van der Waals surface area contributed by atoms with Crippen LogP contribution in [0.5, 0.6) is 5.75 Å². The monoisotopic (exact) mass is 446 g/mol. The van der Waals surface area contributed by atoms with Gasteiger partial charge in [0.05, 0.1) is 22.7 Å². The van der Waals surface area contributed by atoms with Gasteiger partial charge in [-0.25, -0.2) is 4.39 Å². The SMILES string of the molecule is FC1=CC2NOC(c3ccc(OCCCNCc4ccc(Cl)c(Cl)c4)cc3)=C2C=C1. The van der Waals surface area contributed by atoms with Crippen LogP contribution in [0.1, 0.15) is 17.5 Å². The van der Waals surface area contributed by atoms with Gasteiger partial charge in [-0.2, -0.15) is 0 Å². The van der Waals surface area contributed by atoms with Crippen LogP contribution in [0, 0.1) is 0 Å². The van der Waals surface area contributed by atoms with Crippen molar-refractivity contribution in [3.8, 4) is 5.75 Å². The maximum Gasteiger partial charge on any atom is 0.159 e. The zero-order valence-electron chi connectivity index (χ0n) is 16.1. The Morgan fingerprint density at radius 1 is 1.07 bits per heavy atom. The van der Waals surface area contributed by atoms with Gasteiger partial charge in [0.2, 0.25) is 0 Å². The van der Waals surface area contributed by atoms with Gasteiger partial charge in [-0.3, -0.25) is 0 Å². The highest BCUT2D eigenvalue weighted by Crippen LogP contribution is 2.32. The predicted molar refractivity (Wildman–Crippen MR) is 118 cm³/mol. The molecule has 30 heavy (non-hydrogen) atoms. The smallest absolute Gasteiger partial charge is 0.159 e. The van der Waals surface area contributed by atoms with Gasteiger partial charge in [-0.1, -0.05) is 35.3 Å². The van der Waals surface area contributed by atoms with Crippen molar-refractivity contribution in [2.45, 2.75) is 19.0 Å². The predicted octanol–water partition coefficient (Wildman–Crippen LogP) is 5.59. The molecule has 0 amide bonds. The molecule has 0 aromatic heterocycles. The Hall–Kier alpha value is -2.31. The van der Waals surface area contributed by atoms with Gasteiger partial charge in [-0.05, 0) is 67.1 Å². The molecule has 1 aliphatic carbocycles. The lowest BCUT2D eigenvalue weighted by Crippen LogP contribution is -2.22. The van der Waals surface area contributed by atoms with E-state index < -0.39 is 0 Å². The van der Waals surface area contributed by atoms with E-state index in [9.17, 15) is 4.39 Å². The van der Waals surface area contributed by atoms with Crippen LogP contribution in [0.4, 0.5) is 4.39 Å². The minimum absolute atomic E-state index is 0.252. The topological polar surface area (TPSA) is 42.5 Å². The summed E-state index contributed by atoms with van der Waals surface area (Å²) in [4.78, 5) is 5.55. The van der Waals surface area contributed by atoms with E-state index in [-0.39, 0.29) is 11.9 Å². The molecule has 2 aliphatic rings. The quantitative estimate of drug-likeness (QED) is 0.518. The summed E-state index contributed by atoms with van der Waals surface area (Å²) in [7, 11) is 0. The van der Waals surface area contributed by atoms with E-state index in [2.05, 4.69) is 10.8 Å². The van der Waals surface area contributed by atoms with Crippen LogP contribution >= 0.6 is 23.2 Å². The number of hydrogen-bond acceptors (Lipinski definition) is 4. The summed E-state index contributed by atoms with van der Waals surface area (Å²) >= 11 is 11.9. The lowest BCUT2D eigenvalue weighted by molar-refractivity contribution is 0.173. The Labute approximate surface area is 184 Å². The number of ether oxygens (including phenoxy) is 1. The van der Waals surface area contributed by atoms with Gasteiger partial charge in [0.25, 0.3) is 0 Å². The molecule has 4 nitrogen and oxygen atoms in total. The molecule has 2 N–H and O–H groups in total.